The first-order valence-corrected chi connectivity index (χ1v) is 23.0. The molecule has 0 aliphatic rings. The normalized spacial score (nSPS) is 14.8. The molecule has 0 aliphatic heterocycles. The summed E-state index contributed by atoms with van der Waals surface area (Å²) in [6, 6.07) is 29.0. The first kappa shape index (κ1) is 35.2. The highest BCUT2D eigenvalue weighted by molar-refractivity contribution is 6.99. The van der Waals surface area contributed by atoms with Crippen LogP contribution in [-0.4, -0.2) is 44.3 Å². The number of hydrogen-bond acceptors (Lipinski definition) is 3. The van der Waals surface area contributed by atoms with Gasteiger partial charge in [0.2, 0.25) is 0 Å². The fraction of sp³-hybridized carbons (Fsp3) is 0.647. The first-order chi connectivity index (χ1) is 19.0. The van der Waals surface area contributed by atoms with Gasteiger partial charge in [-0.15, -0.1) is 0 Å². The SMILES string of the molecule is CC[Si](CC)(CC)OC[C@H](C)C[C@H](CO[Si](c1ccccc1)(c1ccccc1)C(C)(C)C)O[Si](CC)(CC)CC. The van der Waals surface area contributed by atoms with Crippen molar-refractivity contribution in [3.8, 4) is 0 Å². The molecule has 0 N–H and O–H groups in total. The van der Waals surface area contributed by atoms with Crippen molar-refractivity contribution in [2.24, 2.45) is 5.92 Å². The number of hydrogen-bond donors (Lipinski definition) is 0. The second-order valence-electron chi connectivity index (χ2n) is 12.9. The van der Waals surface area contributed by atoms with E-state index in [9.17, 15) is 0 Å². The summed E-state index contributed by atoms with van der Waals surface area (Å²) in [5.74, 6) is 0.432. The molecule has 2 atom stereocenters. The van der Waals surface area contributed by atoms with E-state index in [1.165, 1.54) is 28.5 Å². The van der Waals surface area contributed by atoms with Crippen LogP contribution in [0.5, 0.6) is 0 Å². The highest BCUT2D eigenvalue weighted by Crippen LogP contribution is 2.37. The predicted octanol–water partition coefficient (Wildman–Crippen LogP) is 9.00. The molecule has 40 heavy (non-hydrogen) atoms. The number of benzene rings is 2. The Bertz CT molecular complexity index is 897. The molecule has 2 aromatic rings. The van der Waals surface area contributed by atoms with E-state index in [0.29, 0.717) is 12.5 Å². The summed E-state index contributed by atoms with van der Waals surface area (Å²) in [6.45, 7) is 24.8. The topological polar surface area (TPSA) is 27.7 Å². The van der Waals surface area contributed by atoms with Crippen molar-refractivity contribution in [2.45, 2.75) is 123 Å². The standard InChI is InChI=1S/C34H60O3Si3/c1-11-38(12-2,13-3)35-28-30(7)27-31(37-39(14-4,15-5)16-6)29-36-40(34(8,9)10,32-23-19-17-20-24-32)33-25-21-18-22-26-33/h17-26,30-31H,11-16,27-29H2,1-10H3/t30-,31-/m1/s1. The van der Waals surface area contributed by atoms with E-state index in [4.69, 9.17) is 13.3 Å². The molecule has 0 heterocycles. The monoisotopic (exact) mass is 600 g/mol. The lowest BCUT2D eigenvalue weighted by atomic mass is 10.1. The van der Waals surface area contributed by atoms with Gasteiger partial charge in [0, 0.05) is 6.61 Å². The van der Waals surface area contributed by atoms with Crippen molar-refractivity contribution >= 4 is 35.3 Å². The Kier molecular flexibility index (Phi) is 14.1. The summed E-state index contributed by atoms with van der Waals surface area (Å²) in [4.78, 5) is 0. The first-order valence-electron chi connectivity index (χ1n) is 16.1. The molecule has 0 radical (unpaired) electrons. The van der Waals surface area contributed by atoms with Crippen LogP contribution in [-0.2, 0) is 13.3 Å². The Balaban J connectivity index is 2.45. The predicted molar refractivity (Wildman–Crippen MR) is 183 cm³/mol. The largest absolute Gasteiger partial charge is 0.417 e. The molecule has 0 bridgehead atoms. The van der Waals surface area contributed by atoms with Gasteiger partial charge in [-0.3, -0.25) is 0 Å². The van der Waals surface area contributed by atoms with Gasteiger partial charge in [0.25, 0.3) is 8.32 Å². The van der Waals surface area contributed by atoms with E-state index in [1.807, 2.05) is 0 Å². The molecule has 0 unspecified atom stereocenters. The van der Waals surface area contributed by atoms with Crippen LogP contribution in [0.15, 0.2) is 60.7 Å². The maximum atomic E-state index is 7.42. The molecule has 0 saturated heterocycles. The summed E-state index contributed by atoms with van der Waals surface area (Å²) < 4.78 is 21.4. The lowest BCUT2D eigenvalue weighted by Crippen LogP contribution is -2.67. The van der Waals surface area contributed by atoms with E-state index in [-0.39, 0.29) is 11.1 Å². The van der Waals surface area contributed by atoms with Crippen molar-refractivity contribution in [3.05, 3.63) is 60.7 Å². The van der Waals surface area contributed by atoms with Crippen LogP contribution >= 0.6 is 0 Å². The Morgan fingerprint density at radius 3 is 1.40 bits per heavy atom. The van der Waals surface area contributed by atoms with Crippen molar-refractivity contribution in [1.29, 1.82) is 0 Å². The minimum atomic E-state index is -2.62. The van der Waals surface area contributed by atoms with Gasteiger partial charge in [0.15, 0.2) is 16.6 Å². The fourth-order valence-corrected chi connectivity index (χ4v) is 16.6. The van der Waals surface area contributed by atoms with Crippen LogP contribution in [0.3, 0.4) is 0 Å². The molecule has 2 rings (SSSR count). The van der Waals surface area contributed by atoms with E-state index in [0.717, 1.165) is 31.2 Å². The lowest BCUT2D eigenvalue weighted by Gasteiger charge is -2.44. The van der Waals surface area contributed by atoms with Crippen molar-refractivity contribution in [3.63, 3.8) is 0 Å². The molecule has 6 heteroatoms. The molecule has 0 fully saturated rings. The van der Waals surface area contributed by atoms with Crippen LogP contribution in [0.1, 0.15) is 75.7 Å². The third-order valence-electron chi connectivity index (χ3n) is 9.52. The van der Waals surface area contributed by atoms with Crippen LogP contribution in [0.2, 0.25) is 41.3 Å². The van der Waals surface area contributed by atoms with Gasteiger partial charge in [-0.05, 0) is 64.0 Å². The quantitative estimate of drug-likeness (QED) is 0.160. The lowest BCUT2D eigenvalue weighted by molar-refractivity contribution is 0.0828. The second kappa shape index (κ2) is 16.0. The maximum Gasteiger partial charge on any atom is 0.261 e. The highest BCUT2D eigenvalue weighted by Gasteiger charge is 2.50. The van der Waals surface area contributed by atoms with E-state index >= 15 is 0 Å². The van der Waals surface area contributed by atoms with Gasteiger partial charge < -0.3 is 13.3 Å². The minimum absolute atomic E-state index is 0.0433. The van der Waals surface area contributed by atoms with Gasteiger partial charge in [-0.2, -0.15) is 0 Å². The Morgan fingerprint density at radius 2 is 1.02 bits per heavy atom. The molecular formula is C34H60O3Si3. The molecule has 2 aromatic carbocycles. The van der Waals surface area contributed by atoms with E-state index < -0.39 is 25.0 Å². The third kappa shape index (κ3) is 8.51. The van der Waals surface area contributed by atoms with Crippen molar-refractivity contribution in [2.75, 3.05) is 13.2 Å². The van der Waals surface area contributed by atoms with Gasteiger partial charge in [0.1, 0.15) is 0 Å². The highest BCUT2D eigenvalue weighted by atomic mass is 28.4. The molecule has 0 aliphatic carbocycles. The average Bonchev–Trinajstić information content (AvgIpc) is 2.97. The summed E-state index contributed by atoms with van der Waals surface area (Å²) in [7, 11) is -6.07. The van der Waals surface area contributed by atoms with Crippen LogP contribution in [0.4, 0.5) is 0 Å². The Morgan fingerprint density at radius 1 is 0.600 bits per heavy atom. The van der Waals surface area contributed by atoms with Gasteiger partial charge >= 0.3 is 0 Å². The fourth-order valence-electron chi connectivity index (χ4n) is 6.38. The molecule has 0 aromatic heterocycles. The smallest absolute Gasteiger partial charge is 0.261 e. The summed E-state index contributed by atoms with van der Waals surface area (Å²) in [6.07, 6.45) is 1.06. The molecule has 0 saturated carbocycles. The Labute approximate surface area is 250 Å². The second-order valence-corrected chi connectivity index (χ2v) is 26.7. The molecule has 0 amide bonds. The van der Waals surface area contributed by atoms with E-state index in [2.05, 4.69) is 130 Å². The van der Waals surface area contributed by atoms with Crippen molar-refractivity contribution in [1.82, 2.24) is 0 Å². The van der Waals surface area contributed by atoms with Crippen molar-refractivity contribution < 1.29 is 13.3 Å². The van der Waals surface area contributed by atoms with Crippen LogP contribution in [0, 0.1) is 5.92 Å². The zero-order chi connectivity index (χ0) is 29.9. The van der Waals surface area contributed by atoms with E-state index in [1.54, 1.807) is 0 Å². The average molecular weight is 601 g/mol. The van der Waals surface area contributed by atoms with Gasteiger partial charge in [-0.1, -0.05) is 130 Å². The molecule has 3 nitrogen and oxygen atoms in total. The van der Waals surface area contributed by atoms with Gasteiger partial charge in [0.05, 0.1) is 12.7 Å². The minimum Gasteiger partial charge on any atom is -0.417 e. The summed E-state index contributed by atoms with van der Waals surface area (Å²) in [5, 5.41) is 2.62. The van der Waals surface area contributed by atoms with Crippen LogP contribution in [0.25, 0.3) is 0 Å². The number of rotatable bonds is 18. The molecule has 226 valence electrons. The molecule has 0 spiro atoms. The summed E-state index contributed by atoms with van der Waals surface area (Å²) in [5.41, 5.74) is 0. The third-order valence-corrected chi connectivity index (χ3v) is 23.9. The van der Waals surface area contributed by atoms with Gasteiger partial charge in [-0.25, -0.2) is 0 Å². The Hall–Kier alpha value is -1.03. The molecular weight excluding hydrogens is 541 g/mol. The summed E-state index contributed by atoms with van der Waals surface area (Å²) >= 11 is 0. The van der Waals surface area contributed by atoms with Crippen LogP contribution < -0.4 is 10.4 Å². The maximum absolute atomic E-state index is 7.42. The zero-order valence-electron chi connectivity index (χ0n) is 27.5. The zero-order valence-corrected chi connectivity index (χ0v) is 30.5.